The van der Waals surface area contributed by atoms with Crippen LogP contribution in [0.25, 0.3) is 0 Å². The molecule has 1 amide bonds. The molecule has 0 N–H and O–H groups in total. The number of carbonyl (C=O) groups excluding carboxylic acids is 2. The lowest BCUT2D eigenvalue weighted by atomic mass is 10.1. The zero-order valence-electron chi connectivity index (χ0n) is 17.4. The van der Waals surface area contributed by atoms with Gasteiger partial charge in [-0.1, -0.05) is 24.6 Å². The average Bonchev–Trinajstić information content (AvgIpc) is 2.70. The molecule has 160 valence electrons. The second-order valence-electron chi connectivity index (χ2n) is 7.38. The van der Waals surface area contributed by atoms with Crippen LogP contribution in [0.4, 0.5) is 0 Å². The Morgan fingerprint density at radius 2 is 1.86 bits per heavy atom. The van der Waals surface area contributed by atoms with Crippen molar-refractivity contribution in [1.82, 2.24) is 9.21 Å². The van der Waals surface area contributed by atoms with Gasteiger partial charge in [-0.3, -0.25) is 4.79 Å². The zero-order valence-corrected chi connectivity index (χ0v) is 18.3. The standard InChI is InChI=1S/C21H30N2O5S/c1-5-22(14-16(2)3)20(24)15-28-21(25)19-13-18(10-9-17(19)4)29(26,27)23-11-7-6-8-12-23/h9-10,13H,2,5-8,11-12,14-15H2,1,3-4H3. The quantitative estimate of drug-likeness (QED) is 0.475. The summed E-state index contributed by atoms with van der Waals surface area (Å²) in [4.78, 5) is 26.4. The predicted octanol–water partition coefficient (Wildman–Crippen LogP) is 2.75. The van der Waals surface area contributed by atoms with Crippen molar-refractivity contribution >= 4 is 21.9 Å². The summed E-state index contributed by atoms with van der Waals surface area (Å²) in [6.07, 6.45) is 2.69. The number of esters is 1. The van der Waals surface area contributed by atoms with E-state index in [0.717, 1.165) is 24.8 Å². The second kappa shape index (κ2) is 10.0. The van der Waals surface area contributed by atoms with Gasteiger partial charge in [-0.25, -0.2) is 13.2 Å². The van der Waals surface area contributed by atoms with E-state index in [2.05, 4.69) is 6.58 Å². The molecule has 0 atom stereocenters. The number of sulfonamides is 1. The SMILES string of the molecule is C=C(C)CN(CC)C(=O)COC(=O)c1cc(S(=O)(=O)N2CCCCC2)ccc1C. The molecule has 8 heteroatoms. The summed E-state index contributed by atoms with van der Waals surface area (Å²) in [6.45, 7) is 10.6. The molecule has 0 aliphatic carbocycles. The molecule has 1 fully saturated rings. The van der Waals surface area contributed by atoms with E-state index in [1.807, 2.05) is 13.8 Å². The van der Waals surface area contributed by atoms with Gasteiger partial charge in [-0.2, -0.15) is 4.31 Å². The maximum Gasteiger partial charge on any atom is 0.338 e. The number of ether oxygens (including phenoxy) is 1. The van der Waals surface area contributed by atoms with Crippen molar-refractivity contribution in [1.29, 1.82) is 0 Å². The molecule has 1 aromatic rings. The Morgan fingerprint density at radius 3 is 2.45 bits per heavy atom. The highest BCUT2D eigenvalue weighted by molar-refractivity contribution is 7.89. The second-order valence-corrected chi connectivity index (χ2v) is 9.32. The van der Waals surface area contributed by atoms with Gasteiger partial charge in [0, 0.05) is 26.2 Å². The molecule has 2 rings (SSSR count). The summed E-state index contributed by atoms with van der Waals surface area (Å²) in [5.41, 5.74) is 1.58. The van der Waals surface area contributed by atoms with Gasteiger partial charge >= 0.3 is 5.97 Å². The lowest BCUT2D eigenvalue weighted by molar-refractivity contribution is -0.133. The summed E-state index contributed by atoms with van der Waals surface area (Å²) in [6, 6.07) is 4.44. The van der Waals surface area contributed by atoms with Crippen molar-refractivity contribution in [2.75, 3.05) is 32.8 Å². The van der Waals surface area contributed by atoms with Crippen molar-refractivity contribution in [3.8, 4) is 0 Å². The van der Waals surface area contributed by atoms with E-state index in [-0.39, 0.29) is 16.4 Å². The van der Waals surface area contributed by atoms with Crippen molar-refractivity contribution in [2.45, 2.75) is 44.9 Å². The number of piperidine rings is 1. The molecule has 0 spiro atoms. The molecule has 1 aliphatic rings. The first-order valence-electron chi connectivity index (χ1n) is 9.87. The van der Waals surface area contributed by atoms with E-state index < -0.39 is 22.6 Å². The van der Waals surface area contributed by atoms with Crippen LogP contribution < -0.4 is 0 Å². The first-order chi connectivity index (χ1) is 13.7. The van der Waals surface area contributed by atoms with E-state index >= 15 is 0 Å². The van der Waals surface area contributed by atoms with Gasteiger partial charge in [0.05, 0.1) is 10.5 Å². The average molecular weight is 423 g/mol. The first kappa shape index (κ1) is 23.1. The fraction of sp³-hybridized carbons (Fsp3) is 0.524. The van der Waals surface area contributed by atoms with Crippen LogP contribution >= 0.6 is 0 Å². The molecule has 0 radical (unpaired) electrons. The number of likely N-dealkylation sites (N-methyl/N-ethyl adjacent to an activating group) is 1. The summed E-state index contributed by atoms with van der Waals surface area (Å²) in [5, 5.41) is 0. The van der Waals surface area contributed by atoms with Gasteiger partial charge in [0.1, 0.15) is 0 Å². The maximum absolute atomic E-state index is 12.9. The molecule has 7 nitrogen and oxygen atoms in total. The third kappa shape index (κ3) is 5.90. The Balaban J connectivity index is 2.13. The van der Waals surface area contributed by atoms with Gasteiger partial charge in [0.25, 0.3) is 5.91 Å². The van der Waals surface area contributed by atoms with Crippen LogP contribution in [0, 0.1) is 6.92 Å². The van der Waals surface area contributed by atoms with E-state index in [9.17, 15) is 18.0 Å². The number of benzene rings is 1. The highest BCUT2D eigenvalue weighted by Crippen LogP contribution is 2.23. The number of carbonyl (C=O) groups is 2. The molecule has 1 saturated heterocycles. The number of aryl methyl sites for hydroxylation is 1. The summed E-state index contributed by atoms with van der Waals surface area (Å²) in [7, 11) is -3.66. The van der Waals surface area contributed by atoms with E-state index in [1.165, 1.54) is 16.4 Å². The Kier molecular flexibility index (Phi) is 7.98. The van der Waals surface area contributed by atoms with Gasteiger partial charge < -0.3 is 9.64 Å². The molecule has 29 heavy (non-hydrogen) atoms. The van der Waals surface area contributed by atoms with Crippen LogP contribution in [0.5, 0.6) is 0 Å². The van der Waals surface area contributed by atoms with Crippen LogP contribution in [-0.4, -0.2) is 62.3 Å². The van der Waals surface area contributed by atoms with E-state index in [1.54, 1.807) is 17.9 Å². The highest BCUT2D eigenvalue weighted by atomic mass is 32.2. The molecular formula is C21H30N2O5S. The topological polar surface area (TPSA) is 84.0 Å². The van der Waals surface area contributed by atoms with Crippen molar-refractivity contribution in [3.05, 3.63) is 41.5 Å². The maximum atomic E-state index is 12.9. The monoisotopic (exact) mass is 422 g/mol. The van der Waals surface area contributed by atoms with Crippen molar-refractivity contribution in [3.63, 3.8) is 0 Å². The minimum Gasteiger partial charge on any atom is -0.452 e. The fourth-order valence-corrected chi connectivity index (χ4v) is 4.78. The van der Waals surface area contributed by atoms with Crippen LogP contribution in [0.1, 0.15) is 49.0 Å². The van der Waals surface area contributed by atoms with Gasteiger partial charge in [0.15, 0.2) is 6.61 Å². The molecule has 0 aromatic heterocycles. The van der Waals surface area contributed by atoms with E-state index in [4.69, 9.17) is 4.74 Å². The van der Waals surface area contributed by atoms with Crippen LogP contribution in [0.3, 0.4) is 0 Å². The van der Waals surface area contributed by atoms with Gasteiger partial charge in [-0.05, 0) is 51.3 Å². The molecule has 1 aliphatic heterocycles. The highest BCUT2D eigenvalue weighted by Gasteiger charge is 2.27. The van der Waals surface area contributed by atoms with Crippen LogP contribution in [-0.2, 0) is 19.6 Å². The first-order valence-corrected chi connectivity index (χ1v) is 11.3. The van der Waals surface area contributed by atoms with E-state index in [0.29, 0.717) is 31.7 Å². The normalized spacial score (nSPS) is 15.0. The number of nitrogens with zero attached hydrogens (tertiary/aromatic N) is 2. The smallest absolute Gasteiger partial charge is 0.338 e. The number of amides is 1. The van der Waals surface area contributed by atoms with Gasteiger partial charge in [-0.15, -0.1) is 0 Å². The van der Waals surface area contributed by atoms with Crippen molar-refractivity contribution < 1.29 is 22.7 Å². The minimum atomic E-state index is -3.66. The Bertz CT molecular complexity index is 873. The molecule has 1 heterocycles. The Morgan fingerprint density at radius 1 is 1.21 bits per heavy atom. The third-order valence-electron chi connectivity index (χ3n) is 4.90. The van der Waals surface area contributed by atoms with Crippen molar-refractivity contribution in [2.24, 2.45) is 0 Å². The summed E-state index contributed by atoms with van der Waals surface area (Å²) >= 11 is 0. The van der Waals surface area contributed by atoms with Crippen LogP contribution in [0.15, 0.2) is 35.2 Å². The zero-order chi connectivity index (χ0) is 21.6. The Labute approximate surface area is 173 Å². The summed E-state index contributed by atoms with van der Waals surface area (Å²) < 4.78 is 32.4. The summed E-state index contributed by atoms with van der Waals surface area (Å²) in [5.74, 6) is -1.03. The lowest BCUT2D eigenvalue weighted by Crippen LogP contribution is -2.36. The number of rotatable bonds is 8. The minimum absolute atomic E-state index is 0.0701. The number of hydrogen-bond acceptors (Lipinski definition) is 5. The largest absolute Gasteiger partial charge is 0.452 e. The molecule has 0 unspecified atom stereocenters. The Hall–Kier alpha value is -2.19. The fourth-order valence-electron chi connectivity index (χ4n) is 3.23. The molecule has 0 saturated carbocycles. The van der Waals surface area contributed by atoms with Gasteiger partial charge in [0.2, 0.25) is 10.0 Å². The number of hydrogen-bond donors (Lipinski definition) is 0. The molecule has 1 aromatic carbocycles. The molecular weight excluding hydrogens is 392 g/mol. The third-order valence-corrected chi connectivity index (χ3v) is 6.80. The molecule has 0 bridgehead atoms. The lowest BCUT2D eigenvalue weighted by Gasteiger charge is -2.26. The van der Waals surface area contributed by atoms with Crippen LogP contribution in [0.2, 0.25) is 0 Å². The predicted molar refractivity (Wildman–Crippen MR) is 111 cm³/mol.